The van der Waals surface area contributed by atoms with Crippen molar-refractivity contribution < 1.29 is 14.6 Å². The minimum atomic E-state index is -0.451. The summed E-state index contributed by atoms with van der Waals surface area (Å²) in [5.74, 6) is -0.451. The number of rotatable bonds is 5. The molecule has 0 bridgehead atoms. The summed E-state index contributed by atoms with van der Waals surface area (Å²) >= 11 is 0. The molecule has 0 spiro atoms. The fourth-order valence-electron chi connectivity index (χ4n) is 2.45. The zero-order valence-corrected chi connectivity index (χ0v) is 11.4. The van der Waals surface area contributed by atoms with Crippen LogP contribution >= 0.6 is 0 Å². The van der Waals surface area contributed by atoms with Gasteiger partial charge in [-0.25, -0.2) is 0 Å². The van der Waals surface area contributed by atoms with Gasteiger partial charge < -0.3 is 26.2 Å². The summed E-state index contributed by atoms with van der Waals surface area (Å²) < 4.78 is 5.53. The van der Waals surface area contributed by atoms with Crippen LogP contribution in [0.4, 0.5) is 11.4 Å². The maximum atomic E-state index is 11.2. The SMILES string of the molecule is NC(=O)c1ccc(N)c(N2CCC(OCCO)CC2)c1. The van der Waals surface area contributed by atoms with Gasteiger partial charge in [-0.15, -0.1) is 0 Å². The minimum Gasteiger partial charge on any atom is -0.397 e. The van der Waals surface area contributed by atoms with Crippen LogP contribution in [0.1, 0.15) is 23.2 Å². The topological polar surface area (TPSA) is 102 Å². The Labute approximate surface area is 118 Å². The fourth-order valence-corrected chi connectivity index (χ4v) is 2.45. The number of aliphatic hydroxyl groups excluding tert-OH is 1. The van der Waals surface area contributed by atoms with Crippen molar-refractivity contribution in [1.82, 2.24) is 0 Å². The van der Waals surface area contributed by atoms with Crippen LogP contribution in [0.2, 0.25) is 0 Å². The molecule has 1 aromatic rings. The van der Waals surface area contributed by atoms with Gasteiger partial charge in [0.25, 0.3) is 0 Å². The van der Waals surface area contributed by atoms with Crippen LogP contribution in [0.25, 0.3) is 0 Å². The molecule has 110 valence electrons. The van der Waals surface area contributed by atoms with Gasteiger partial charge in [-0.1, -0.05) is 0 Å². The van der Waals surface area contributed by atoms with Crippen molar-refractivity contribution in [2.45, 2.75) is 18.9 Å². The van der Waals surface area contributed by atoms with Gasteiger partial charge >= 0.3 is 0 Å². The summed E-state index contributed by atoms with van der Waals surface area (Å²) in [5, 5.41) is 8.75. The van der Waals surface area contributed by atoms with E-state index in [-0.39, 0.29) is 12.7 Å². The number of hydrogen-bond donors (Lipinski definition) is 3. The van der Waals surface area contributed by atoms with E-state index in [4.69, 9.17) is 21.3 Å². The Hall–Kier alpha value is -1.79. The van der Waals surface area contributed by atoms with Crippen molar-refractivity contribution in [3.63, 3.8) is 0 Å². The highest BCUT2D eigenvalue weighted by atomic mass is 16.5. The number of piperidine rings is 1. The van der Waals surface area contributed by atoms with E-state index in [1.54, 1.807) is 18.2 Å². The molecule has 0 unspecified atom stereocenters. The van der Waals surface area contributed by atoms with Gasteiger partial charge in [-0.2, -0.15) is 0 Å². The van der Waals surface area contributed by atoms with E-state index in [2.05, 4.69) is 4.90 Å². The number of amides is 1. The highest BCUT2D eigenvalue weighted by Gasteiger charge is 2.21. The predicted molar refractivity (Wildman–Crippen MR) is 77.6 cm³/mol. The van der Waals surface area contributed by atoms with Gasteiger partial charge in [-0.05, 0) is 31.0 Å². The molecule has 6 nitrogen and oxygen atoms in total. The quantitative estimate of drug-likeness (QED) is 0.675. The third-order valence-electron chi connectivity index (χ3n) is 3.54. The summed E-state index contributed by atoms with van der Waals surface area (Å²) in [7, 11) is 0. The molecule has 1 heterocycles. The molecule has 2 rings (SSSR count). The lowest BCUT2D eigenvalue weighted by Crippen LogP contribution is -2.37. The number of carbonyl (C=O) groups is 1. The monoisotopic (exact) mass is 279 g/mol. The van der Waals surface area contributed by atoms with E-state index < -0.39 is 5.91 Å². The number of benzene rings is 1. The third kappa shape index (κ3) is 3.40. The summed E-state index contributed by atoms with van der Waals surface area (Å²) in [6, 6.07) is 5.09. The Morgan fingerprint density at radius 3 is 2.70 bits per heavy atom. The Balaban J connectivity index is 2.03. The predicted octanol–water partition coefficient (Wildman–Crippen LogP) is 0.345. The number of nitrogens with zero attached hydrogens (tertiary/aromatic N) is 1. The Morgan fingerprint density at radius 2 is 2.10 bits per heavy atom. The fraction of sp³-hybridized carbons (Fsp3) is 0.500. The summed E-state index contributed by atoms with van der Waals surface area (Å²) in [6.45, 7) is 2.04. The first kappa shape index (κ1) is 14.6. The highest BCUT2D eigenvalue weighted by molar-refractivity contribution is 5.95. The molecule has 1 saturated heterocycles. The second kappa shape index (κ2) is 6.58. The number of hydrogen-bond acceptors (Lipinski definition) is 5. The van der Waals surface area contributed by atoms with E-state index in [1.807, 2.05) is 0 Å². The van der Waals surface area contributed by atoms with Crippen molar-refractivity contribution in [3.8, 4) is 0 Å². The molecule has 0 saturated carbocycles. The van der Waals surface area contributed by atoms with E-state index in [0.717, 1.165) is 31.6 Å². The average Bonchev–Trinajstić information content (AvgIpc) is 2.46. The molecular formula is C14H21N3O3. The number of carbonyl (C=O) groups excluding carboxylic acids is 1. The summed E-state index contributed by atoms with van der Waals surface area (Å²) in [5.41, 5.74) is 13.2. The van der Waals surface area contributed by atoms with Crippen LogP contribution < -0.4 is 16.4 Å². The first-order valence-electron chi connectivity index (χ1n) is 6.78. The van der Waals surface area contributed by atoms with Gasteiger partial charge in [-0.3, -0.25) is 4.79 Å². The average molecular weight is 279 g/mol. The molecule has 20 heavy (non-hydrogen) atoms. The van der Waals surface area contributed by atoms with Gasteiger partial charge in [0, 0.05) is 18.7 Å². The first-order valence-corrected chi connectivity index (χ1v) is 6.78. The van der Waals surface area contributed by atoms with Gasteiger partial charge in [0.15, 0.2) is 0 Å². The largest absolute Gasteiger partial charge is 0.397 e. The molecule has 1 aromatic carbocycles. The molecule has 1 aliphatic rings. The van der Waals surface area contributed by atoms with Crippen molar-refractivity contribution >= 4 is 17.3 Å². The van der Waals surface area contributed by atoms with Crippen molar-refractivity contribution in [3.05, 3.63) is 23.8 Å². The Kier molecular flexibility index (Phi) is 4.81. The van der Waals surface area contributed by atoms with Crippen molar-refractivity contribution in [1.29, 1.82) is 0 Å². The van der Waals surface area contributed by atoms with Crippen LogP contribution in [-0.2, 0) is 4.74 Å². The molecule has 5 N–H and O–H groups in total. The molecule has 1 aliphatic heterocycles. The van der Waals surface area contributed by atoms with Crippen molar-refractivity contribution in [2.75, 3.05) is 36.9 Å². The van der Waals surface area contributed by atoms with Crippen LogP contribution in [-0.4, -0.2) is 43.4 Å². The lowest BCUT2D eigenvalue weighted by Gasteiger charge is -2.34. The molecule has 0 atom stereocenters. The van der Waals surface area contributed by atoms with Gasteiger partial charge in [0.2, 0.25) is 5.91 Å². The third-order valence-corrected chi connectivity index (χ3v) is 3.54. The van der Waals surface area contributed by atoms with Crippen LogP contribution in [0.15, 0.2) is 18.2 Å². The summed E-state index contributed by atoms with van der Waals surface area (Å²) in [4.78, 5) is 13.4. The number of ether oxygens (including phenoxy) is 1. The van der Waals surface area contributed by atoms with E-state index in [9.17, 15) is 4.79 Å². The van der Waals surface area contributed by atoms with Gasteiger partial charge in [0.1, 0.15) is 0 Å². The van der Waals surface area contributed by atoms with Crippen molar-refractivity contribution in [2.24, 2.45) is 5.73 Å². The number of anilines is 2. The second-order valence-electron chi connectivity index (χ2n) is 4.92. The van der Waals surface area contributed by atoms with Crippen LogP contribution in [0.5, 0.6) is 0 Å². The zero-order chi connectivity index (χ0) is 14.5. The molecular weight excluding hydrogens is 258 g/mol. The van der Waals surface area contributed by atoms with E-state index in [0.29, 0.717) is 17.9 Å². The molecule has 1 fully saturated rings. The van der Waals surface area contributed by atoms with E-state index >= 15 is 0 Å². The maximum absolute atomic E-state index is 11.2. The second-order valence-corrected chi connectivity index (χ2v) is 4.92. The summed E-state index contributed by atoms with van der Waals surface area (Å²) in [6.07, 6.45) is 1.93. The number of nitrogens with two attached hydrogens (primary N) is 2. The molecule has 0 radical (unpaired) electrons. The Bertz CT molecular complexity index is 471. The highest BCUT2D eigenvalue weighted by Crippen LogP contribution is 2.28. The normalized spacial score (nSPS) is 16.4. The number of nitrogen functional groups attached to an aromatic ring is 1. The van der Waals surface area contributed by atoms with E-state index in [1.165, 1.54) is 0 Å². The first-order chi connectivity index (χ1) is 9.61. The van der Waals surface area contributed by atoms with Crippen LogP contribution in [0, 0.1) is 0 Å². The molecule has 1 amide bonds. The zero-order valence-electron chi connectivity index (χ0n) is 11.4. The minimum absolute atomic E-state index is 0.0494. The lowest BCUT2D eigenvalue weighted by molar-refractivity contribution is 0.0159. The molecule has 0 aliphatic carbocycles. The standard InChI is InChI=1S/C14H21N3O3/c15-12-2-1-10(14(16)19)9-13(12)17-5-3-11(4-6-17)20-8-7-18/h1-2,9,11,18H,3-8,15H2,(H2,16,19). The maximum Gasteiger partial charge on any atom is 0.248 e. The lowest BCUT2D eigenvalue weighted by atomic mass is 10.1. The molecule has 6 heteroatoms. The molecule has 0 aromatic heterocycles. The smallest absolute Gasteiger partial charge is 0.248 e. The number of primary amides is 1. The van der Waals surface area contributed by atoms with Crippen LogP contribution in [0.3, 0.4) is 0 Å². The van der Waals surface area contributed by atoms with Gasteiger partial charge in [0.05, 0.1) is 30.7 Å². The number of aliphatic hydroxyl groups is 1. The Morgan fingerprint density at radius 1 is 1.40 bits per heavy atom.